The van der Waals surface area contributed by atoms with E-state index in [1.807, 2.05) is 12.4 Å². The van der Waals surface area contributed by atoms with E-state index in [-0.39, 0.29) is 0 Å². The minimum atomic E-state index is 0.694. The molecule has 0 aliphatic carbocycles. The summed E-state index contributed by atoms with van der Waals surface area (Å²) < 4.78 is 0. The highest BCUT2D eigenvalue weighted by molar-refractivity contribution is 4.88. The third-order valence-electron chi connectivity index (χ3n) is 3.61. The van der Waals surface area contributed by atoms with Crippen LogP contribution in [0, 0.1) is 0 Å². The summed E-state index contributed by atoms with van der Waals surface area (Å²) in [7, 11) is 0. The summed E-state index contributed by atoms with van der Waals surface area (Å²) in [5.74, 6) is 1.08. The number of likely N-dealkylation sites (tertiary alicyclic amines) is 1. The van der Waals surface area contributed by atoms with Gasteiger partial charge >= 0.3 is 0 Å². The van der Waals surface area contributed by atoms with E-state index in [1.54, 1.807) is 0 Å². The highest BCUT2D eigenvalue weighted by Crippen LogP contribution is 2.12. The van der Waals surface area contributed by atoms with Crippen molar-refractivity contribution in [2.75, 3.05) is 19.6 Å². The van der Waals surface area contributed by atoms with Crippen LogP contribution in [-0.2, 0) is 6.42 Å². The second kappa shape index (κ2) is 6.17. The zero-order chi connectivity index (χ0) is 12.1. The Kier molecular flexibility index (Phi) is 4.57. The molecule has 1 saturated heterocycles. The summed E-state index contributed by atoms with van der Waals surface area (Å²) in [6.07, 6.45) is 7.25. The van der Waals surface area contributed by atoms with E-state index in [0.717, 1.165) is 18.8 Å². The van der Waals surface area contributed by atoms with Crippen molar-refractivity contribution < 1.29 is 0 Å². The van der Waals surface area contributed by atoms with E-state index in [4.69, 9.17) is 0 Å². The molecule has 0 amide bonds. The molecule has 2 rings (SSSR count). The molecule has 0 saturated carbocycles. The maximum Gasteiger partial charge on any atom is 0.107 e. The average Bonchev–Trinajstić information content (AvgIpc) is 2.83. The Balaban J connectivity index is 1.62. The van der Waals surface area contributed by atoms with Crippen LogP contribution in [0.2, 0.25) is 0 Å². The molecule has 1 aromatic heterocycles. The number of hydrogen-bond acceptors (Lipinski definition) is 3. The van der Waals surface area contributed by atoms with Crippen LogP contribution in [0.4, 0.5) is 0 Å². The Morgan fingerprint density at radius 3 is 2.82 bits per heavy atom. The Morgan fingerprint density at radius 1 is 1.47 bits per heavy atom. The zero-order valence-electron chi connectivity index (χ0n) is 10.9. The van der Waals surface area contributed by atoms with Gasteiger partial charge in [0.2, 0.25) is 0 Å². The van der Waals surface area contributed by atoms with Gasteiger partial charge in [0.1, 0.15) is 5.82 Å². The number of rotatable bonds is 5. The molecule has 0 bridgehead atoms. The van der Waals surface area contributed by atoms with Gasteiger partial charge in [0.25, 0.3) is 0 Å². The number of nitrogens with one attached hydrogen (secondary N) is 2. The first-order chi connectivity index (χ1) is 8.25. The molecule has 1 aliphatic rings. The lowest BCUT2D eigenvalue weighted by molar-refractivity contribution is 0.161. The number of imidazole rings is 1. The predicted octanol–water partition coefficient (Wildman–Crippen LogP) is 1.41. The fourth-order valence-corrected chi connectivity index (χ4v) is 2.45. The maximum absolute atomic E-state index is 4.23. The van der Waals surface area contributed by atoms with Gasteiger partial charge in [-0.3, -0.25) is 0 Å². The molecule has 0 aromatic carbocycles. The van der Waals surface area contributed by atoms with Crippen molar-refractivity contribution in [3.63, 3.8) is 0 Å². The number of nitrogens with zero attached hydrogens (tertiary/aromatic N) is 2. The lowest BCUT2D eigenvalue weighted by atomic mass is 10.0. The molecule has 1 aliphatic heterocycles. The molecule has 0 atom stereocenters. The molecule has 1 aromatic rings. The van der Waals surface area contributed by atoms with Gasteiger partial charge < -0.3 is 15.2 Å². The maximum atomic E-state index is 4.23. The average molecular weight is 236 g/mol. The van der Waals surface area contributed by atoms with Crippen LogP contribution in [0.25, 0.3) is 0 Å². The fourth-order valence-electron chi connectivity index (χ4n) is 2.45. The summed E-state index contributed by atoms with van der Waals surface area (Å²) in [5.41, 5.74) is 0. The van der Waals surface area contributed by atoms with Gasteiger partial charge in [-0.1, -0.05) is 0 Å². The monoisotopic (exact) mass is 236 g/mol. The zero-order valence-corrected chi connectivity index (χ0v) is 10.9. The van der Waals surface area contributed by atoms with Gasteiger partial charge in [0, 0.05) is 37.4 Å². The standard InChI is InChI=1S/C13H24N4/c1-11(2)17-9-4-12(5-10-17)14-6-3-13-15-7-8-16-13/h7-8,11-12,14H,3-6,9-10H2,1-2H3,(H,15,16). The molecule has 17 heavy (non-hydrogen) atoms. The van der Waals surface area contributed by atoms with Crippen LogP contribution < -0.4 is 5.32 Å². The lowest BCUT2D eigenvalue weighted by Gasteiger charge is -2.35. The van der Waals surface area contributed by atoms with Gasteiger partial charge in [-0.15, -0.1) is 0 Å². The minimum Gasteiger partial charge on any atom is -0.349 e. The normalized spacial score (nSPS) is 19.0. The van der Waals surface area contributed by atoms with E-state index >= 15 is 0 Å². The van der Waals surface area contributed by atoms with Gasteiger partial charge in [-0.2, -0.15) is 0 Å². The van der Waals surface area contributed by atoms with Crippen LogP contribution in [-0.4, -0.2) is 46.6 Å². The third-order valence-corrected chi connectivity index (χ3v) is 3.61. The number of aromatic amines is 1. The first-order valence-electron chi connectivity index (χ1n) is 6.71. The van der Waals surface area contributed by atoms with E-state index in [2.05, 4.69) is 34.0 Å². The Hall–Kier alpha value is -0.870. The molecule has 2 N–H and O–H groups in total. The van der Waals surface area contributed by atoms with Crippen LogP contribution in [0.3, 0.4) is 0 Å². The van der Waals surface area contributed by atoms with E-state index in [9.17, 15) is 0 Å². The molecule has 2 heterocycles. The number of hydrogen-bond donors (Lipinski definition) is 2. The first-order valence-corrected chi connectivity index (χ1v) is 6.71. The molecular weight excluding hydrogens is 212 g/mol. The third kappa shape index (κ3) is 3.82. The van der Waals surface area contributed by atoms with E-state index in [0.29, 0.717) is 12.1 Å². The van der Waals surface area contributed by atoms with Crippen molar-refractivity contribution in [2.45, 2.75) is 45.2 Å². The molecule has 4 nitrogen and oxygen atoms in total. The van der Waals surface area contributed by atoms with Crippen molar-refractivity contribution in [3.05, 3.63) is 18.2 Å². The smallest absolute Gasteiger partial charge is 0.107 e. The molecule has 1 fully saturated rings. The summed E-state index contributed by atoms with van der Waals surface area (Å²) in [6.45, 7) is 8.06. The van der Waals surface area contributed by atoms with Gasteiger partial charge in [-0.25, -0.2) is 4.98 Å². The Morgan fingerprint density at radius 2 is 2.24 bits per heavy atom. The lowest BCUT2D eigenvalue weighted by Crippen LogP contribution is -2.45. The van der Waals surface area contributed by atoms with Crippen molar-refractivity contribution in [3.8, 4) is 0 Å². The van der Waals surface area contributed by atoms with E-state index < -0.39 is 0 Å². The first kappa shape index (κ1) is 12.6. The van der Waals surface area contributed by atoms with Crippen molar-refractivity contribution in [1.82, 2.24) is 20.2 Å². The summed E-state index contributed by atoms with van der Waals surface area (Å²) in [6, 6.07) is 1.39. The van der Waals surface area contributed by atoms with Crippen molar-refractivity contribution in [1.29, 1.82) is 0 Å². The minimum absolute atomic E-state index is 0.694. The van der Waals surface area contributed by atoms with Crippen LogP contribution >= 0.6 is 0 Å². The quantitative estimate of drug-likeness (QED) is 0.812. The molecular formula is C13H24N4. The molecule has 0 radical (unpaired) electrons. The summed E-state index contributed by atoms with van der Waals surface area (Å²) >= 11 is 0. The number of piperidine rings is 1. The second-order valence-corrected chi connectivity index (χ2v) is 5.14. The van der Waals surface area contributed by atoms with Gasteiger partial charge in [0.05, 0.1) is 0 Å². The van der Waals surface area contributed by atoms with Crippen LogP contribution in [0.1, 0.15) is 32.5 Å². The van der Waals surface area contributed by atoms with Gasteiger partial charge in [0.15, 0.2) is 0 Å². The molecule has 0 unspecified atom stereocenters. The van der Waals surface area contributed by atoms with Crippen molar-refractivity contribution in [2.24, 2.45) is 0 Å². The summed E-state index contributed by atoms with van der Waals surface area (Å²) in [4.78, 5) is 9.93. The molecule has 4 heteroatoms. The topological polar surface area (TPSA) is 44.0 Å². The Bertz CT molecular complexity index is 299. The van der Waals surface area contributed by atoms with Crippen LogP contribution in [0.15, 0.2) is 12.4 Å². The van der Waals surface area contributed by atoms with Gasteiger partial charge in [-0.05, 0) is 39.8 Å². The largest absolute Gasteiger partial charge is 0.349 e. The van der Waals surface area contributed by atoms with E-state index in [1.165, 1.54) is 25.9 Å². The Labute approximate surface area is 104 Å². The molecule has 0 spiro atoms. The molecule has 96 valence electrons. The fraction of sp³-hybridized carbons (Fsp3) is 0.769. The number of H-pyrrole nitrogens is 1. The van der Waals surface area contributed by atoms with Crippen LogP contribution in [0.5, 0.6) is 0 Å². The summed E-state index contributed by atoms with van der Waals surface area (Å²) in [5, 5.41) is 3.63. The number of aromatic nitrogens is 2. The SMILES string of the molecule is CC(C)N1CCC(NCCc2ncc[nH]2)CC1. The highest BCUT2D eigenvalue weighted by Gasteiger charge is 2.19. The van der Waals surface area contributed by atoms with Crippen molar-refractivity contribution >= 4 is 0 Å². The highest BCUT2D eigenvalue weighted by atomic mass is 15.2. The predicted molar refractivity (Wildman–Crippen MR) is 70.0 cm³/mol. The second-order valence-electron chi connectivity index (χ2n) is 5.14.